The number of hydrogen-bond donors (Lipinski definition) is 2. The summed E-state index contributed by atoms with van der Waals surface area (Å²) < 4.78 is 0. The van der Waals surface area contributed by atoms with E-state index in [2.05, 4.69) is 16.7 Å². The zero-order chi connectivity index (χ0) is 10.7. The van der Waals surface area contributed by atoms with Crippen LogP contribution in [0.1, 0.15) is 0 Å². The zero-order valence-electron chi connectivity index (χ0n) is 8.37. The Morgan fingerprint density at radius 3 is 2.93 bits per heavy atom. The van der Waals surface area contributed by atoms with E-state index in [1.807, 2.05) is 36.4 Å². The number of carbonyl (C=O) groups excluding carboxylic acids is 1. The molecule has 0 aromatic heterocycles. The van der Waals surface area contributed by atoms with Crippen LogP contribution in [0.2, 0.25) is 0 Å². The first kappa shape index (κ1) is 9.52. The second-order valence-corrected chi connectivity index (χ2v) is 3.19. The van der Waals surface area contributed by atoms with E-state index in [0.29, 0.717) is 0 Å². The van der Waals surface area contributed by atoms with E-state index < -0.39 is 0 Å². The molecule has 0 bridgehead atoms. The molecule has 2 aromatic carbocycles. The molecule has 15 heavy (non-hydrogen) atoms. The predicted octanol–water partition coefficient (Wildman–Crippen LogP) is 2.39. The van der Waals surface area contributed by atoms with Crippen LogP contribution in [0.15, 0.2) is 36.4 Å². The molecule has 0 heterocycles. The molecule has 0 atom stereocenters. The lowest BCUT2D eigenvalue weighted by molar-refractivity contribution is 0.254. The van der Waals surface area contributed by atoms with Crippen molar-refractivity contribution in [3.8, 4) is 0 Å². The van der Waals surface area contributed by atoms with Crippen molar-refractivity contribution in [2.75, 3.05) is 12.4 Å². The molecule has 1 radical (unpaired) electrons. The van der Waals surface area contributed by atoms with Gasteiger partial charge in [0, 0.05) is 12.7 Å². The van der Waals surface area contributed by atoms with E-state index in [9.17, 15) is 4.79 Å². The summed E-state index contributed by atoms with van der Waals surface area (Å²) >= 11 is 0. The number of fused-ring (bicyclic) bond motifs is 1. The zero-order valence-corrected chi connectivity index (χ0v) is 8.37. The van der Waals surface area contributed by atoms with Crippen LogP contribution in [0.5, 0.6) is 0 Å². The van der Waals surface area contributed by atoms with E-state index in [-0.39, 0.29) is 6.03 Å². The summed E-state index contributed by atoms with van der Waals surface area (Å²) in [6, 6.07) is 14.3. The fourth-order valence-corrected chi connectivity index (χ4v) is 1.40. The third-order valence-electron chi connectivity index (χ3n) is 2.17. The molecular weight excluding hydrogens is 188 g/mol. The topological polar surface area (TPSA) is 41.1 Å². The molecule has 2 N–H and O–H groups in total. The first-order valence-corrected chi connectivity index (χ1v) is 4.68. The lowest BCUT2D eigenvalue weighted by atomic mass is 10.1. The van der Waals surface area contributed by atoms with E-state index >= 15 is 0 Å². The molecule has 0 saturated carbocycles. The van der Waals surface area contributed by atoms with Crippen LogP contribution in [-0.2, 0) is 0 Å². The van der Waals surface area contributed by atoms with Gasteiger partial charge in [0.2, 0.25) is 0 Å². The van der Waals surface area contributed by atoms with Crippen LogP contribution < -0.4 is 10.6 Å². The first-order chi connectivity index (χ1) is 7.29. The van der Waals surface area contributed by atoms with Gasteiger partial charge in [-0.25, -0.2) is 4.79 Å². The Bertz CT molecular complexity index is 494. The minimum atomic E-state index is -0.211. The van der Waals surface area contributed by atoms with Crippen LogP contribution in [0, 0.1) is 6.07 Å². The maximum absolute atomic E-state index is 11.1. The standard InChI is InChI=1S/C12H11N2O/c1-13-12(15)14-11-7-6-9-4-2-3-5-10(9)8-11/h3-8H,1H3,(H2,13,14,15). The van der Waals surface area contributed by atoms with E-state index in [4.69, 9.17) is 0 Å². The molecule has 0 saturated heterocycles. The maximum atomic E-state index is 11.1. The summed E-state index contributed by atoms with van der Waals surface area (Å²) in [5.41, 5.74) is 0.785. The van der Waals surface area contributed by atoms with Crippen LogP contribution in [-0.4, -0.2) is 13.1 Å². The average Bonchev–Trinajstić information content (AvgIpc) is 2.29. The van der Waals surface area contributed by atoms with Crippen molar-refractivity contribution in [3.63, 3.8) is 0 Å². The van der Waals surface area contributed by atoms with Gasteiger partial charge in [-0.1, -0.05) is 18.2 Å². The highest BCUT2D eigenvalue weighted by atomic mass is 16.2. The number of benzene rings is 2. The number of hydrogen-bond acceptors (Lipinski definition) is 1. The normalized spacial score (nSPS) is 9.93. The van der Waals surface area contributed by atoms with Crippen molar-refractivity contribution in [2.24, 2.45) is 0 Å². The predicted molar refractivity (Wildman–Crippen MR) is 60.9 cm³/mol. The van der Waals surface area contributed by atoms with Gasteiger partial charge in [-0.15, -0.1) is 0 Å². The van der Waals surface area contributed by atoms with Gasteiger partial charge in [-0.3, -0.25) is 0 Å². The van der Waals surface area contributed by atoms with E-state index in [0.717, 1.165) is 16.5 Å². The van der Waals surface area contributed by atoms with Crippen LogP contribution in [0.25, 0.3) is 10.8 Å². The number of nitrogens with one attached hydrogen (secondary N) is 2. The van der Waals surface area contributed by atoms with Crippen LogP contribution >= 0.6 is 0 Å². The third kappa shape index (κ3) is 2.07. The minimum Gasteiger partial charge on any atom is -0.341 e. The van der Waals surface area contributed by atoms with Crippen molar-refractivity contribution < 1.29 is 4.79 Å². The molecule has 2 amide bonds. The summed E-state index contributed by atoms with van der Waals surface area (Å²) in [4.78, 5) is 11.1. The monoisotopic (exact) mass is 199 g/mol. The number of amides is 2. The number of anilines is 1. The molecular formula is C12H11N2O. The largest absolute Gasteiger partial charge is 0.341 e. The Hall–Kier alpha value is -2.03. The Labute approximate surface area is 88.1 Å². The first-order valence-electron chi connectivity index (χ1n) is 4.68. The number of urea groups is 1. The summed E-state index contributed by atoms with van der Waals surface area (Å²) in [5.74, 6) is 0. The van der Waals surface area contributed by atoms with Crippen molar-refractivity contribution >= 4 is 22.5 Å². The van der Waals surface area contributed by atoms with Gasteiger partial charge in [-0.2, -0.15) is 0 Å². The molecule has 0 unspecified atom stereocenters. The van der Waals surface area contributed by atoms with Crippen molar-refractivity contribution in [1.29, 1.82) is 0 Å². The summed E-state index contributed by atoms with van der Waals surface area (Å²) in [6.45, 7) is 0. The Morgan fingerprint density at radius 2 is 2.13 bits per heavy atom. The molecule has 2 aromatic rings. The lowest BCUT2D eigenvalue weighted by Gasteiger charge is -2.05. The summed E-state index contributed by atoms with van der Waals surface area (Å²) in [5, 5.41) is 7.43. The molecule has 3 heteroatoms. The summed E-state index contributed by atoms with van der Waals surface area (Å²) in [6.07, 6.45) is 0. The highest BCUT2D eigenvalue weighted by Crippen LogP contribution is 2.18. The van der Waals surface area contributed by atoms with Gasteiger partial charge in [-0.05, 0) is 35.0 Å². The highest BCUT2D eigenvalue weighted by Gasteiger charge is 1.99. The quantitative estimate of drug-likeness (QED) is 0.727. The Balaban J connectivity index is 2.34. The van der Waals surface area contributed by atoms with E-state index in [1.165, 1.54) is 0 Å². The van der Waals surface area contributed by atoms with Crippen LogP contribution in [0.3, 0.4) is 0 Å². The Kier molecular flexibility index (Phi) is 2.54. The molecule has 0 aliphatic heterocycles. The smallest absolute Gasteiger partial charge is 0.318 e. The SMILES string of the molecule is CNC(=O)Nc1ccc2c[c]ccc2c1. The van der Waals surface area contributed by atoms with Crippen molar-refractivity contribution in [1.82, 2.24) is 5.32 Å². The van der Waals surface area contributed by atoms with E-state index in [1.54, 1.807) is 7.05 Å². The van der Waals surface area contributed by atoms with Gasteiger partial charge < -0.3 is 10.6 Å². The average molecular weight is 199 g/mol. The van der Waals surface area contributed by atoms with Crippen molar-refractivity contribution in [3.05, 3.63) is 42.5 Å². The highest BCUT2D eigenvalue weighted by molar-refractivity contribution is 5.93. The second-order valence-electron chi connectivity index (χ2n) is 3.19. The molecule has 75 valence electrons. The molecule has 2 rings (SSSR count). The molecule has 0 spiro atoms. The second kappa shape index (κ2) is 4.00. The maximum Gasteiger partial charge on any atom is 0.318 e. The van der Waals surface area contributed by atoms with Gasteiger partial charge >= 0.3 is 6.03 Å². The fraction of sp³-hybridized carbons (Fsp3) is 0.0833. The molecule has 0 aliphatic rings. The summed E-state index contributed by atoms with van der Waals surface area (Å²) in [7, 11) is 1.59. The minimum absolute atomic E-state index is 0.211. The van der Waals surface area contributed by atoms with Crippen LogP contribution in [0.4, 0.5) is 10.5 Å². The molecule has 0 fully saturated rings. The van der Waals surface area contributed by atoms with Gasteiger partial charge in [0.25, 0.3) is 0 Å². The fourth-order valence-electron chi connectivity index (χ4n) is 1.40. The molecule has 0 aliphatic carbocycles. The van der Waals surface area contributed by atoms with Gasteiger partial charge in [0.1, 0.15) is 0 Å². The number of carbonyl (C=O) groups is 1. The molecule has 3 nitrogen and oxygen atoms in total. The Morgan fingerprint density at radius 1 is 1.27 bits per heavy atom. The number of rotatable bonds is 1. The van der Waals surface area contributed by atoms with Gasteiger partial charge in [0.15, 0.2) is 0 Å². The lowest BCUT2D eigenvalue weighted by Crippen LogP contribution is -2.24. The third-order valence-corrected chi connectivity index (χ3v) is 2.17. The van der Waals surface area contributed by atoms with Gasteiger partial charge in [0.05, 0.1) is 0 Å². The van der Waals surface area contributed by atoms with Crippen molar-refractivity contribution in [2.45, 2.75) is 0 Å².